The summed E-state index contributed by atoms with van der Waals surface area (Å²) in [5.41, 5.74) is 0.368. The van der Waals surface area contributed by atoms with Crippen LogP contribution < -0.4 is 0 Å². The number of nitrogens with zero attached hydrogens (tertiary/aromatic N) is 1. The van der Waals surface area contributed by atoms with E-state index in [4.69, 9.17) is 9.15 Å². The Balaban J connectivity index is 1.96. The second-order valence-corrected chi connectivity index (χ2v) is 6.21. The van der Waals surface area contributed by atoms with Crippen LogP contribution in [0, 0.1) is 0 Å². The van der Waals surface area contributed by atoms with Gasteiger partial charge in [-0.25, -0.2) is 9.78 Å². The number of hydrogen-bond acceptors (Lipinski definition) is 5. The van der Waals surface area contributed by atoms with Crippen molar-refractivity contribution in [3.63, 3.8) is 0 Å². The zero-order valence-electron chi connectivity index (χ0n) is 12.1. The average molecular weight is 305 g/mol. The number of ether oxygens (including phenoxy) is 1. The molecule has 0 N–H and O–H groups in total. The van der Waals surface area contributed by atoms with Crippen molar-refractivity contribution in [1.82, 2.24) is 4.98 Å². The lowest BCUT2D eigenvalue weighted by Gasteiger charge is -2.19. The topological polar surface area (TPSA) is 52.3 Å². The molecule has 1 saturated carbocycles. The first-order chi connectivity index (χ1) is 10.3. The Hall–Kier alpha value is -1.62. The van der Waals surface area contributed by atoms with E-state index >= 15 is 0 Å². The van der Waals surface area contributed by atoms with Crippen LogP contribution in [0.4, 0.5) is 0 Å². The van der Waals surface area contributed by atoms with Gasteiger partial charge >= 0.3 is 5.97 Å². The lowest BCUT2D eigenvalue weighted by molar-refractivity contribution is 0.0516. The van der Waals surface area contributed by atoms with E-state index in [9.17, 15) is 4.79 Å². The van der Waals surface area contributed by atoms with Crippen LogP contribution in [0.1, 0.15) is 61.2 Å². The average Bonchev–Trinajstić information content (AvgIpc) is 3.17. The summed E-state index contributed by atoms with van der Waals surface area (Å²) < 4.78 is 11.1. The third-order valence-electron chi connectivity index (χ3n) is 3.83. The molecule has 2 aromatic heterocycles. The summed E-state index contributed by atoms with van der Waals surface area (Å²) in [5.74, 6) is 1.18. The first kappa shape index (κ1) is 14.3. The Labute approximate surface area is 128 Å². The Morgan fingerprint density at radius 1 is 1.43 bits per heavy atom. The molecule has 21 heavy (non-hydrogen) atoms. The summed E-state index contributed by atoms with van der Waals surface area (Å²) in [4.78, 5) is 17.5. The van der Waals surface area contributed by atoms with Gasteiger partial charge in [-0.2, -0.15) is 0 Å². The molecule has 0 saturated heterocycles. The molecule has 0 bridgehead atoms. The fourth-order valence-corrected chi connectivity index (χ4v) is 3.47. The van der Waals surface area contributed by atoms with Gasteiger partial charge in [0.15, 0.2) is 5.69 Å². The molecule has 0 aliphatic heterocycles. The number of carbonyl (C=O) groups is 1. The van der Waals surface area contributed by atoms with E-state index < -0.39 is 0 Å². The second kappa shape index (κ2) is 6.43. The van der Waals surface area contributed by atoms with Crippen LogP contribution in [-0.2, 0) is 4.74 Å². The minimum Gasteiger partial charge on any atom is -0.461 e. The molecule has 2 heterocycles. The monoisotopic (exact) mass is 305 g/mol. The van der Waals surface area contributed by atoms with Crippen molar-refractivity contribution in [2.75, 3.05) is 6.61 Å². The quantitative estimate of drug-likeness (QED) is 0.773. The van der Waals surface area contributed by atoms with Crippen molar-refractivity contribution >= 4 is 17.3 Å². The highest BCUT2D eigenvalue weighted by Gasteiger charge is 2.29. The van der Waals surface area contributed by atoms with Crippen molar-refractivity contribution < 1.29 is 13.9 Å². The molecule has 0 radical (unpaired) electrons. The SMILES string of the molecule is CCOC(=O)c1nc(-c2cccs2)oc1C1CCCCC1. The molecule has 112 valence electrons. The van der Waals surface area contributed by atoms with Crippen molar-refractivity contribution in [3.05, 3.63) is 29.0 Å². The fourth-order valence-electron chi connectivity index (χ4n) is 2.82. The van der Waals surface area contributed by atoms with Crippen molar-refractivity contribution in [2.45, 2.75) is 44.9 Å². The first-order valence-corrected chi connectivity index (χ1v) is 8.39. The second-order valence-electron chi connectivity index (χ2n) is 5.26. The van der Waals surface area contributed by atoms with Gasteiger partial charge in [0.1, 0.15) is 5.76 Å². The number of hydrogen-bond donors (Lipinski definition) is 0. The smallest absolute Gasteiger partial charge is 0.360 e. The highest BCUT2D eigenvalue weighted by Crippen LogP contribution is 2.37. The zero-order chi connectivity index (χ0) is 14.7. The normalized spacial score (nSPS) is 16.0. The molecule has 0 unspecified atom stereocenters. The van der Waals surface area contributed by atoms with Crippen LogP contribution in [0.5, 0.6) is 0 Å². The molecule has 4 nitrogen and oxygen atoms in total. The van der Waals surface area contributed by atoms with Gasteiger partial charge < -0.3 is 9.15 Å². The predicted molar refractivity (Wildman–Crippen MR) is 81.6 cm³/mol. The van der Waals surface area contributed by atoms with Gasteiger partial charge in [-0.3, -0.25) is 0 Å². The van der Waals surface area contributed by atoms with Crippen LogP contribution in [0.15, 0.2) is 21.9 Å². The summed E-state index contributed by atoms with van der Waals surface area (Å²) >= 11 is 1.56. The van der Waals surface area contributed by atoms with Gasteiger partial charge in [-0.05, 0) is 31.2 Å². The van der Waals surface area contributed by atoms with Gasteiger partial charge in [0.2, 0.25) is 5.89 Å². The summed E-state index contributed by atoms with van der Waals surface area (Å²) in [6.45, 7) is 2.16. The van der Waals surface area contributed by atoms with E-state index in [2.05, 4.69) is 4.98 Å². The standard InChI is InChI=1S/C16H19NO3S/c1-2-19-16(18)13-14(11-7-4-3-5-8-11)20-15(17-13)12-9-6-10-21-12/h6,9-11H,2-5,7-8H2,1H3. The minimum absolute atomic E-state index is 0.291. The van der Waals surface area contributed by atoms with E-state index in [0.717, 1.165) is 23.5 Å². The maximum Gasteiger partial charge on any atom is 0.360 e. The molecule has 2 aromatic rings. The van der Waals surface area contributed by atoms with Crippen LogP contribution in [0.3, 0.4) is 0 Å². The van der Waals surface area contributed by atoms with E-state index in [1.165, 1.54) is 19.3 Å². The minimum atomic E-state index is -0.371. The highest BCUT2D eigenvalue weighted by molar-refractivity contribution is 7.13. The molecule has 0 atom stereocenters. The lowest BCUT2D eigenvalue weighted by Crippen LogP contribution is -2.12. The van der Waals surface area contributed by atoms with Gasteiger partial charge in [-0.15, -0.1) is 11.3 Å². The van der Waals surface area contributed by atoms with Gasteiger partial charge in [-0.1, -0.05) is 25.3 Å². The molecular weight excluding hydrogens is 286 g/mol. The molecule has 0 aromatic carbocycles. The number of carbonyl (C=O) groups excluding carboxylic acids is 1. The maximum atomic E-state index is 12.1. The predicted octanol–water partition coefficient (Wildman–Crippen LogP) is 4.63. The number of aromatic nitrogens is 1. The van der Waals surface area contributed by atoms with Crippen LogP contribution in [0.2, 0.25) is 0 Å². The first-order valence-electron chi connectivity index (χ1n) is 7.51. The Bertz CT molecular complexity index is 597. The number of rotatable bonds is 4. The highest BCUT2D eigenvalue weighted by atomic mass is 32.1. The summed E-state index contributed by atoms with van der Waals surface area (Å²) in [7, 11) is 0. The van der Waals surface area contributed by atoms with Gasteiger partial charge in [0.05, 0.1) is 11.5 Å². The van der Waals surface area contributed by atoms with E-state index in [-0.39, 0.29) is 5.97 Å². The van der Waals surface area contributed by atoms with E-state index in [1.54, 1.807) is 18.3 Å². The Morgan fingerprint density at radius 2 is 2.24 bits per heavy atom. The summed E-state index contributed by atoms with van der Waals surface area (Å²) in [6, 6.07) is 3.91. The van der Waals surface area contributed by atoms with Crippen molar-refractivity contribution in [1.29, 1.82) is 0 Å². The molecule has 5 heteroatoms. The van der Waals surface area contributed by atoms with Crippen LogP contribution >= 0.6 is 11.3 Å². The Kier molecular flexibility index (Phi) is 4.39. The molecule has 0 spiro atoms. The van der Waals surface area contributed by atoms with Gasteiger partial charge in [0.25, 0.3) is 0 Å². The molecule has 3 rings (SSSR count). The van der Waals surface area contributed by atoms with Crippen molar-refractivity contribution in [2.24, 2.45) is 0 Å². The van der Waals surface area contributed by atoms with E-state index in [1.807, 2.05) is 17.5 Å². The van der Waals surface area contributed by atoms with E-state index in [0.29, 0.717) is 24.1 Å². The third kappa shape index (κ3) is 3.02. The zero-order valence-corrected chi connectivity index (χ0v) is 12.9. The summed E-state index contributed by atoms with van der Waals surface area (Å²) in [6.07, 6.45) is 5.75. The summed E-state index contributed by atoms with van der Waals surface area (Å²) in [5, 5.41) is 1.98. The third-order valence-corrected chi connectivity index (χ3v) is 4.69. The number of oxazole rings is 1. The van der Waals surface area contributed by atoms with Crippen LogP contribution in [0.25, 0.3) is 10.8 Å². The molecule has 1 fully saturated rings. The van der Waals surface area contributed by atoms with Crippen LogP contribution in [-0.4, -0.2) is 17.6 Å². The number of esters is 1. The molecule has 1 aliphatic carbocycles. The molecular formula is C16H19NO3S. The van der Waals surface area contributed by atoms with Gasteiger partial charge in [0, 0.05) is 5.92 Å². The van der Waals surface area contributed by atoms with Crippen molar-refractivity contribution in [3.8, 4) is 10.8 Å². The molecule has 1 aliphatic rings. The maximum absolute atomic E-state index is 12.1. The lowest BCUT2D eigenvalue weighted by atomic mass is 9.87. The fraction of sp³-hybridized carbons (Fsp3) is 0.500. The largest absolute Gasteiger partial charge is 0.461 e. The number of thiophene rings is 1. The molecule has 0 amide bonds. The Morgan fingerprint density at radius 3 is 2.90 bits per heavy atom.